The van der Waals surface area contributed by atoms with Crippen molar-refractivity contribution < 1.29 is 22.7 Å². The fourth-order valence-corrected chi connectivity index (χ4v) is 4.30. The van der Waals surface area contributed by atoms with Crippen LogP contribution in [-0.2, 0) is 26.1 Å². The summed E-state index contributed by atoms with van der Waals surface area (Å²) in [6.07, 6.45) is 1.54. The van der Waals surface area contributed by atoms with Crippen molar-refractivity contribution in [3.05, 3.63) is 52.9 Å². The SMILES string of the molecule is CC(C)(C)C(Cn1cnc2cc(Cl)c(Cl)cc21)OC(=O)NCC(=O)CNS(=O)(=O)c1ccccn1. The van der Waals surface area contributed by atoms with Crippen LogP contribution in [-0.4, -0.2) is 54.0 Å². The normalized spacial score (nSPS) is 12.9. The summed E-state index contributed by atoms with van der Waals surface area (Å²) in [6.45, 7) is 5.08. The Kier molecular flexibility index (Phi) is 8.37. The van der Waals surface area contributed by atoms with Crippen LogP contribution in [0.3, 0.4) is 0 Å². The summed E-state index contributed by atoms with van der Waals surface area (Å²) in [6, 6.07) is 7.74. The van der Waals surface area contributed by atoms with Crippen LogP contribution in [0.4, 0.5) is 4.79 Å². The third kappa shape index (κ3) is 7.14. The molecule has 0 aliphatic heterocycles. The number of sulfonamides is 1. The average Bonchev–Trinajstić information content (AvgIpc) is 3.17. The minimum absolute atomic E-state index is 0.205. The molecule has 0 bridgehead atoms. The number of Topliss-reactive ketones (excluding diaryl/α,β-unsaturated/α-hetero) is 1. The second kappa shape index (κ2) is 10.9. The largest absolute Gasteiger partial charge is 0.444 e. The predicted molar refractivity (Wildman–Crippen MR) is 132 cm³/mol. The number of carbonyl (C=O) groups is 2. The fourth-order valence-electron chi connectivity index (χ4n) is 3.03. The first kappa shape index (κ1) is 26.9. The zero-order valence-corrected chi connectivity index (χ0v) is 21.6. The number of ketones is 1. The van der Waals surface area contributed by atoms with Gasteiger partial charge in [0.05, 0.1) is 47.0 Å². The van der Waals surface area contributed by atoms with Crippen molar-refractivity contribution in [2.24, 2.45) is 5.41 Å². The molecule has 10 nitrogen and oxygen atoms in total. The number of aromatic nitrogens is 3. The minimum atomic E-state index is -3.94. The number of pyridine rings is 1. The molecule has 0 saturated heterocycles. The van der Waals surface area contributed by atoms with Gasteiger partial charge in [0, 0.05) is 11.6 Å². The zero-order chi connectivity index (χ0) is 25.8. The van der Waals surface area contributed by atoms with E-state index in [1.54, 1.807) is 29.1 Å². The van der Waals surface area contributed by atoms with E-state index in [-0.39, 0.29) is 11.6 Å². The number of ether oxygens (including phenoxy) is 1. The third-order valence-electron chi connectivity index (χ3n) is 5.04. The van der Waals surface area contributed by atoms with E-state index < -0.39 is 46.5 Å². The zero-order valence-electron chi connectivity index (χ0n) is 19.3. The lowest BCUT2D eigenvalue weighted by molar-refractivity contribution is -0.117. The van der Waals surface area contributed by atoms with E-state index in [1.807, 2.05) is 20.8 Å². The number of amides is 1. The predicted octanol–water partition coefficient (Wildman–Crippen LogP) is 3.43. The third-order valence-corrected chi connectivity index (χ3v) is 7.08. The molecule has 1 aromatic carbocycles. The summed E-state index contributed by atoms with van der Waals surface area (Å²) in [5, 5.41) is 2.93. The van der Waals surface area contributed by atoms with Crippen molar-refractivity contribution in [1.29, 1.82) is 0 Å². The highest BCUT2D eigenvalue weighted by molar-refractivity contribution is 7.89. The summed E-state index contributed by atoms with van der Waals surface area (Å²) in [7, 11) is -3.94. The molecule has 0 saturated carbocycles. The number of hydrogen-bond donors (Lipinski definition) is 2. The van der Waals surface area contributed by atoms with Gasteiger partial charge in [0.25, 0.3) is 10.0 Å². The Balaban J connectivity index is 1.57. The topological polar surface area (TPSA) is 132 Å². The molecular weight excluding hydrogens is 517 g/mol. The van der Waals surface area contributed by atoms with Gasteiger partial charge in [0.2, 0.25) is 0 Å². The molecule has 35 heavy (non-hydrogen) atoms. The number of imidazole rings is 1. The maximum absolute atomic E-state index is 12.4. The maximum atomic E-state index is 12.4. The second-order valence-electron chi connectivity index (χ2n) is 8.80. The number of alkyl carbamates (subject to hydrolysis) is 1. The van der Waals surface area contributed by atoms with E-state index in [0.717, 1.165) is 5.52 Å². The fraction of sp³-hybridized carbons (Fsp3) is 0.364. The minimum Gasteiger partial charge on any atom is -0.444 e. The summed E-state index contributed by atoms with van der Waals surface area (Å²) in [5.74, 6) is -0.555. The van der Waals surface area contributed by atoms with Gasteiger partial charge in [-0.15, -0.1) is 0 Å². The molecule has 2 N–H and O–H groups in total. The van der Waals surface area contributed by atoms with Crippen molar-refractivity contribution >= 4 is 56.1 Å². The van der Waals surface area contributed by atoms with Gasteiger partial charge in [0.15, 0.2) is 10.8 Å². The van der Waals surface area contributed by atoms with Crippen LogP contribution in [0.15, 0.2) is 47.9 Å². The lowest BCUT2D eigenvalue weighted by atomic mass is 9.89. The number of benzene rings is 1. The van der Waals surface area contributed by atoms with Gasteiger partial charge in [-0.2, -0.15) is 0 Å². The van der Waals surface area contributed by atoms with Gasteiger partial charge >= 0.3 is 6.09 Å². The first-order valence-corrected chi connectivity index (χ1v) is 12.8. The van der Waals surface area contributed by atoms with Crippen molar-refractivity contribution in [1.82, 2.24) is 24.6 Å². The van der Waals surface area contributed by atoms with Crippen LogP contribution in [0.1, 0.15) is 20.8 Å². The lowest BCUT2D eigenvalue weighted by Crippen LogP contribution is -2.41. The number of rotatable bonds is 9. The molecule has 188 valence electrons. The standard InChI is InChI=1S/C22H25Cl2N5O5S/c1-22(2,3)19(12-29-13-27-17-8-15(23)16(24)9-18(17)29)34-21(31)26-10-14(30)11-28-35(32,33)20-6-4-5-7-25-20/h4-9,13,19,28H,10-12H2,1-3H3,(H,26,31). The number of carbonyl (C=O) groups excluding carboxylic acids is 2. The Morgan fingerprint density at radius 1 is 1.11 bits per heavy atom. The molecule has 2 aromatic heterocycles. The molecular formula is C22H25Cl2N5O5S. The van der Waals surface area contributed by atoms with Gasteiger partial charge < -0.3 is 14.6 Å². The van der Waals surface area contributed by atoms with Crippen LogP contribution >= 0.6 is 23.2 Å². The van der Waals surface area contributed by atoms with Gasteiger partial charge in [0.1, 0.15) is 6.10 Å². The number of nitrogens with zero attached hydrogens (tertiary/aromatic N) is 3. The van der Waals surface area contributed by atoms with E-state index in [4.69, 9.17) is 27.9 Å². The molecule has 1 unspecified atom stereocenters. The second-order valence-corrected chi connectivity index (χ2v) is 11.3. The molecule has 1 amide bonds. The Hall–Kier alpha value is -2.73. The van der Waals surface area contributed by atoms with Gasteiger partial charge in [-0.1, -0.05) is 50.0 Å². The Labute approximate surface area is 213 Å². The Morgan fingerprint density at radius 3 is 2.49 bits per heavy atom. The van der Waals surface area contributed by atoms with Gasteiger partial charge in [-0.05, 0) is 24.3 Å². The molecule has 0 aliphatic carbocycles. The molecule has 1 atom stereocenters. The van der Waals surface area contributed by atoms with Crippen LogP contribution < -0.4 is 10.0 Å². The van der Waals surface area contributed by atoms with Crippen LogP contribution in [0.5, 0.6) is 0 Å². The van der Waals surface area contributed by atoms with Crippen molar-refractivity contribution in [3.8, 4) is 0 Å². The van der Waals surface area contributed by atoms with E-state index in [1.165, 1.54) is 18.3 Å². The first-order chi connectivity index (χ1) is 16.4. The smallest absolute Gasteiger partial charge is 0.407 e. The molecule has 13 heteroatoms. The molecule has 3 rings (SSSR count). The highest BCUT2D eigenvalue weighted by atomic mass is 35.5. The quantitative estimate of drug-likeness (QED) is 0.424. The molecule has 0 fully saturated rings. The van der Waals surface area contributed by atoms with Crippen LogP contribution in [0.25, 0.3) is 11.0 Å². The highest BCUT2D eigenvalue weighted by Gasteiger charge is 2.29. The van der Waals surface area contributed by atoms with E-state index in [9.17, 15) is 18.0 Å². The highest BCUT2D eigenvalue weighted by Crippen LogP contribution is 2.29. The van der Waals surface area contributed by atoms with E-state index >= 15 is 0 Å². The van der Waals surface area contributed by atoms with Crippen molar-refractivity contribution in [3.63, 3.8) is 0 Å². The summed E-state index contributed by atoms with van der Waals surface area (Å²) in [5.41, 5.74) is 0.926. The Morgan fingerprint density at radius 2 is 1.83 bits per heavy atom. The first-order valence-electron chi connectivity index (χ1n) is 10.5. The average molecular weight is 542 g/mol. The lowest BCUT2D eigenvalue weighted by Gasteiger charge is -2.30. The van der Waals surface area contributed by atoms with Crippen molar-refractivity contribution in [2.75, 3.05) is 13.1 Å². The van der Waals surface area contributed by atoms with Gasteiger partial charge in [-0.25, -0.2) is 27.9 Å². The van der Waals surface area contributed by atoms with Crippen LogP contribution in [0, 0.1) is 5.41 Å². The monoisotopic (exact) mass is 541 g/mol. The molecule has 3 aromatic rings. The molecule has 2 heterocycles. The maximum Gasteiger partial charge on any atom is 0.407 e. The summed E-state index contributed by atoms with van der Waals surface area (Å²) in [4.78, 5) is 32.6. The van der Waals surface area contributed by atoms with Gasteiger partial charge in [-0.3, -0.25) is 4.79 Å². The molecule has 0 radical (unpaired) electrons. The number of hydrogen-bond acceptors (Lipinski definition) is 7. The van der Waals surface area contributed by atoms with E-state index in [2.05, 4.69) is 20.0 Å². The number of nitrogens with one attached hydrogen (secondary N) is 2. The Bertz CT molecular complexity index is 1320. The summed E-state index contributed by atoms with van der Waals surface area (Å²) < 4.78 is 33.9. The number of halogens is 2. The van der Waals surface area contributed by atoms with Crippen molar-refractivity contribution in [2.45, 2.75) is 38.4 Å². The van der Waals surface area contributed by atoms with E-state index in [0.29, 0.717) is 15.6 Å². The summed E-state index contributed by atoms with van der Waals surface area (Å²) >= 11 is 12.2. The number of fused-ring (bicyclic) bond motifs is 1. The van der Waals surface area contributed by atoms with Crippen LogP contribution in [0.2, 0.25) is 10.0 Å². The molecule has 0 spiro atoms. The molecule has 0 aliphatic rings.